The van der Waals surface area contributed by atoms with Crippen molar-refractivity contribution in [1.82, 2.24) is 15.2 Å². The lowest BCUT2D eigenvalue weighted by Crippen LogP contribution is -2.38. The first-order chi connectivity index (χ1) is 33.8. The van der Waals surface area contributed by atoms with E-state index in [2.05, 4.69) is 34.4 Å². The van der Waals surface area contributed by atoms with E-state index in [-0.39, 0.29) is 36.4 Å². The Kier molecular flexibility index (Phi) is 21.6. The van der Waals surface area contributed by atoms with Gasteiger partial charge in [-0.25, -0.2) is 0 Å². The molecule has 1 aliphatic heterocycles. The third-order valence-corrected chi connectivity index (χ3v) is 13.2. The quantitative estimate of drug-likeness (QED) is 0.0415. The monoisotopic (exact) mass is 996 g/mol. The van der Waals surface area contributed by atoms with E-state index in [1.165, 1.54) is 29.7 Å². The second-order valence-corrected chi connectivity index (χ2v) is 19.1. The number of ether oxygens (including phenoxy) is 7. The topological polar surface area (TPSA) is 156 Å². The molecule has 1 saturated heterocycles. The minimum Gasteiger partial charge on any atom is -0.466 e. The lowest BCUT2D eigenvalue weighted by atomic mass is 9.76. The molecule has 0 spiro atoms. The zero-order chi connectivity index (χ0) is 49.8. The fraction of sp³-hybridized carbons (Fsp3) is 0.538. The van der Waals surface area contributed by atoms with E-state index in [4.69, 9.17) is 33.2 Å². The van der Waals surface area contributed by atoms with E-state index < -0.39 is 17.6 Å². The van der Waals surface area contributed by atoms with Crippen molar-refractivity contribution >= 4 is 34.1 Å². The SMILES string of the molecule is CCOC(=O)C1CCN(CCOCCOCCOCCOCCOCCOCc2cccc(C(=O)Nc3sc4c(c3-c3cc(C(=O)NCc5cccc(C(F)(F)F)c5)ccn3)CCC(C)(C)C4)c2)CC1. The Balaban J connectivity index is 0.846. The molecule has 1 fully saturated rings. The Hall–Kier alpha value is -4.79. The summed E-state index contributed by atoms with van der Waals surface area (Å²) >= 11 is 1.52. The second kappa shape index (κ2) is 27.7. The van der Waals surface area contributed by atoms with Crippen molar-refractivity contribution in [2.75, 3.05) is 104 Å². The van der Waals surface area contributed by atoms with Gasteiger partial charge < -0.3 is 48.7 Å². The number of fused-ring (bicyclic) bond motifs is 1. The van der Waals surface area contributed by atoms with E-state index in [0.717, 1.165) is 85.4 Å². The average Bonchev–Trinajstić information content (AvgIpc) is 3.69. The molecule has 2 amide bonds. The van der Waals surface area contributed by atoms with Gasteiger partial charge in [0.25, 0.3) is 11.8 Å². The summed E-state index contributed by atoms with van der Waals surface area (Å²) < 4.78 is 78.8. The first-order valence-electron chi connectivity index (χ1n) is 24.1. The first kappa shape index (κ1) is 54.5. The van der Waals surface area contributed by atoms with Crippen LogP contribution in [0.25, 0.3) is 11.3 Å². The molecule has 0 bridgehead atoms. The minimum atomic E-state index is -4.49. The number of thiophene rings is 1. The summed E-state index contributed by atoms with van der Waals surface area (Å²) in [5.74, 6) is -0.814. The Labute approximate surface area is 412 Å². The van der Waals surface area contributed by atoms with E-state index in [0.29, 0.717) is 107 Å². The van der Waals surface area contributed by atoms with Gasteiger partial charge >= 0.3 is 12.1 Å². The number of esters is 1. The molecule has 3 heterocycles. The summed E-state index contributed by atoms with van der Waals surface area (Å²) in [6.45, 7) is 14.6. The van der Waals surface area contributed by atoms with Crippen molar-refractivity contribution in [2.45, 2.75) is 72.2 Å². The van der Waals surface area contributed by atoms with Crippen LogP contribution < -0.4 is 10.6 Å². The predicted molar refractivity (Wildman–Crippen MR) is 260 cm³/mol. The van der Waals surface area contributed by atoms with E-state index >= 15 is 0 Å². The van der Waals surface area contributed by atoms with Gasteiger partial charge in [0.15, 0.2) is 0 Å². The third-order valence-electron chi connectivity index (χ3n) is 12.1. The van der Waals surface area contributed by atoms with Crippen molar-refractivity contribution in [3.05, 3.63) is 105 Å². The van der Waals surface area contributed by atoms with E-state index in [1.807, 2.05) is 19.1 Å². The fourth-order valence-electron chi connectivity index (χ4n) is 8.23. The maximum atomic E-state index is 13.8. The molecule has 2 N–H and O–H groups in total. The van der Waals surface area contributed by atoms with Crippen LogP contribution in [0.1, 0.15) is 87.9 Å². The number of carbonyl (C=O) groups excluding carboxylic acids is 3. The number of likely N-dealkylation sites (tertiary alicyclic amines) is 1. The number of rotatable bonds is 28. The number of pyridine rings is 1. The largest absolute Gasteiger partial charge is 0.466 e. The highest BCUT2D eigenvalue weighted by Gasteiger charge is 2.33. The Morgan fingerprint density at radius 3 is 2.04 bits per heavy atom. The number of amides is 2. The van der Waals surface area contributed by atoms with E-state index in [1.54, 1.807) is 24.3 Å². The number of hydrogen-bond acceptors (Lipinski definition) is 13. The van der Waals surface area contributed by atoms with Crippen molar-refractivity contribution in [1.29, 1.82) is 0 Å². The lowest BCUT2D eigenvalue weighted by molar-refractivity contribution is -0.149. The van der Waals surface area contributed by atoms with Crippen LogP contribution in [0.2, 0.25) is 0 Å². The van der Waals surface area contributed by atoms with Gasteiger partial charge in [-0.3, -0.25) is 19.4 Å². The molecule has 4 aromatic rings. The second-order valence-electron chi connectivity index (χ2n) is 18.0. The van der Waals surface area contributed by atoms with E-state index in [9.17, 15) is 27.6 Å². The standard InChI is InChI=1S/C52H67F3N4O10S/c1-4-69-50(62)39-13-17-59(18-14-39)19-20-63-21-22-64-23-24-65-25-26-66-27-28-67-29-30-68-36-38-8-5-9-40(31-38)48(61)58-49-46(43-11-15-51(2,3)34-45(43)70-49)44-33-41(12-16-56-44)47(60)57-35-37-7-6-10-42(32-37)52(53,54)55/h5-10,12,16,31-33,39H,4,11,13-15,17-30,34-36H2,1-3H3,(H,57,60)(H,58,61). The van der Waals surface area contributed by atoms with Gasteiger partial charge in [-0.05, 0) is 111 Å². The minimum absolute atomic E-state index is 0.0185. The number of nitrogens with one attached hydrogen (secondary N) is 2. The van der Waals surface area contributed by atoms with Gasteiger partial charge in [0.1, 0.15) is 5.00 Å². The smallest absolute Gasteiger partial charge is 0.416 e. The molecule has 70 heavy (non-hydrogen) atoms. The first-order valence-corrected chi connectivity index (χ1v) is 24.9. The highest BCUT2D eigenvalue weighted by Crippen LogP contribution is 2.48. The summed E-state index contributed by atoms with van der Waals surface area (Å²) in [5.41, 5.74) is 3.57. The molecule has 2 aromatic carbocycles. The number of hydrogen-bond donors (Lipinski definition) is 2. The molecule has 382 valence electrons. The van der Waals surface area contributed by atoms with Gasteiger partial charge in [0, 0.05) is 40.9 Å². The average molecular weight is 997 g/mol. The molecule has 0 saturated carbocycles. The Morgan fingerprint density at radius 2 is 1.39 bits per heavy atom. The van der Waals surface area contributed by atoms with Gasteiger partial charge in [-0.15, -0.1) is 11.3 Å². The molecule has 0 unspecified atom stereocenters. The molecule has 18 heteroatoms. The van der Waals surface area contributed by atoms with Crippen LogP contribution in [0.4, 0.5) is 18.2 Å². The molecule has 14 nitrogen and oxygen atoms in total. The fourth-order valence-corrected chi connectivity index (χ4v) is 9.74. The number of aromatic nitrogens is 1. The molecule has 2 aromatic heterocycles. The van der Waals surface area contributed by atoms with Crippen LogP contribution in [0.3, 0.4) is 0 Å². The number of benzene rings is 2. The number of alkyl halides is 3. The zero-order valence-electron chi connectivity index (χ0n) is 40.5. The number of carbonyl (C=O) groups is 3. The summed E-state index contributed by atoms with van der Waals surface area (Å²) in [6, 6.07) is 15.3. The predicted octanol–water partition coefficient (Wildman–Crippen LogP) is 8.40. The van der Waals surface area contributed by atoms with Crippen molar-refractivity contribution in [3.63, 3.8) is 0 Å². The van der Waals surface area contributed by atoms with Crippen LogP contribution in [0.15, 0.2) is 66.9 Å². The highest BCUT2D eigenvalue weighted by atomic mass is 32.1. The molecule has 0 radical (unpaired) electrons. The maximum absolute atomic E-state index is 13.8. The number of anilines is 1. The summed E-state index contributed by atoms with van der Waals surface area (Å²) in [6.07, 6.45) is 1.24. The van der Waals surface area contributed by atoms with Gasteiger partial charge in [0.05, 0.1) is 103 Å². The molecular weight excluding hydrogens is 930 g/mol. The molecule has 2 aliphatic rings. The number of nitrogens with zero attached hydrogens (tertiary/aromatic N) is 2. The maximum Gasteiger partial charge on any atom is 0.416 e. The summed E-state index contributed by atoms with van der Waals surface area (Å²) in [4.78, 5) is 47.1. The normalized spacial score (nSPS) is 15.1. The molecule has 6 rings (SSSR count). The Bertz CT molecular complexity index is 2280. The summed E-state index contributed by atoms with van der Waals surface area (Å²) in [5, 5.41) is 6.50. The van der Waals surface area contributed by atoms with Crippen LogP contribution in [-0.4, -0.2) is 127 Å². The van der Waals surface area contributed by atoms with Gasteiger partial charge in [-0.2, -0.15) is 13.2 Å². The third kappa shape index (κ3) is 17.5. The van der Waals surface area contributed by atoms with Crippen molar-refractivity contribution in [2.24, 2.45) is 11.3 Å². The lowest BCUT2D eigenvalue weighted by Gasteiger charge is -2.30. The number of halogens is 3. The van der Waals surface area contributed by atoms with Crippen LogP contribution >= 0.6 is 11.3 Å². The number of piperidine rings is 1. The van der Waals surface area contributed by atoms with Gasteiger partial charge in [0.2, 0.25) is 0 Å². The molecular formula is C52H67F3N4O10S. The van der Waals surface area contributed by atoms with Crippen molar-refractivity contribution < 1.29 is 60.7 Å². The van der Waals surface area contributed by atoms with Gasteiger partial charge in [-0.1, -0.05) is 38.1 Å². The van der Waals surface area contributed by atoms with Crippen LogP contribution in [0, 0.1) is 11.3 Å². The van der Waals surface area contributed by atoms with Crippen LogP contribution in [0.5, 0.6) is 0 Å². The highest BCUT2D eigenvalue weighted by molar-refractivity contribution is 7.17. The Morgan fingerprint density at radius 1 is 0.771 bits per heavy atom. The van der Waals surface area contributed by atoms with Crippen LogP contribution in [-0.2, 0) is 70.1 Å². The summed E-state index contributed by atoms with van der Waals surface area (Å²) in [7, 11) is 0. The molecule has 0 atom stereocenters. The zero-order valence-corrected chi connectivity index (χ0v) is 41.3. The van der Waals surface area contributed by atoms with Crippen molar-refractivity contribution in [3.8, 4) is 11.3 Å². The molecule has 1 aliphatic carbocycles.